The molecule has 1 atom stereocenters. The molecule has 0 unspecified atom stereocenters. The van der Waals surface area contributed by atoms with Gasteiger partial charge in [-0.15, -0.1) is 12.4 Å². The second-order valence-electron chi connectivity index (χ2n) is 3.47. The number of halogens is 4. The molecule has 0 spiro atoms. The third-order valence-corrected chi connectivity index (χ3v) is 2.54. The van der Waals surface area contributed by atoms with Gasteiger partial charge in [-0.2, -0.15) is 0 Å². The van der Waals surface area contributed by atoms with Gasteiger partial charge in [-0.05, 0) is 17.7 Å². The molecule has 1 N–H and O–H groups in total. The van der Waals surface area contributed by atoms with Gasteiger partial charge in [0, 0.05) is 5.02 Å². The van der Waals surface area contributed by atoms with Crippen LogP contribution in [-0.2, 0) is 4.74 Å². The van der Waals surface area contributed by atoms with Gasteiger partial charge in [-0.1, -0.05) is 23.7 Å². The lowest BCUT2D eigenvalue weighted by Gasteiger charge is -2.31. The maximum absolute atomic E-state index is 13.5. The lowest BCUT2D eigenvalue weighted by Crippen LogP contribution is -2.49. The highest BCUT2D eigenvalue weighted by molar-refractivity contribution is 6.30. The summed E-state index contributed by atoms with van der Waals surface area (Å²) in [4.78, 5) is 10.9. The van der Waals surface area contributed by atoms with Crippen LogP contribution >= 0.6 is 24.0 Å². The average Bonchev–Trinajstić information content (AvgIpc) is 2.23. The molecule has 94 valence electrons. The first kappa shape index (κ1) is 14.0. The van der Waals surface area contributed by atoms with E-state index in [9.17, 15) is 13.6 Å². The molecule has 1 aromatic rings. The van der Waals surface area contributed by atoms with Crippen molar-refractivity contribution in [3.63, 3.8) is 0 Å². The van der Waals surface area contributed by atoms with Crippen molar-refractivity contribution < 1.29 is 18.3 Å². The zero-order valence-electron chi connectivity index (χ0n) is 8.45. The molecular formula is C10H9Cl2F2NO2. The number of benzene rings is 1. The second-order valence-corrected chi connectivity index (χ2v) is 3.90. The Labute approximate surface area is 107 Å². The summed E-state index contributed by atoms with van der Waals surface area (Å²) in [5.41, 5.74) is 0.297. The summed E-state index contributed by atoms with van der Waals surface area (Å²) in [6.45, 7) is -0.911. The van der Waals surface area contributed by atoms with Gasteiger partial charge in [0.15, 0.2) is 6.61 Å². The highest BCUT2D eigenvalue weighted by Gasteiger charge is 2.46. The quantitative estimate of drug-likeness (QED) is 0.860. The van der Waals surface area contributed by atoms with Gasteiger partial charge in [-0.25, -0.2) is 13.6 Å². The van der Waals surface area contributed by atoms with Gasteiger partial charge in [0.25, 0.3) is 0 Å². The molecule has 1 amide bonds. The third kappa shape index (κ3) is 2.98. The van der Waals surface area contributed by atoms with Crippen LogP contribution in [-0.4, -0.2) is 18.6 Å². The topological polar surface area (TPSA) is 38.3 Å². The van der Waals surface area contributed by atoms with Crippen molar-refractivity contribution in [3.05, 3.63) is 34.9 Å². The molecule has 1 fully saturated rings. The summed E-state index contributed by atoms with van der Waals surface area (Å²) in [6.07, 6.45) is -0.842. The Kier molecular flexibility index (Phi) is 4.16. The number of alkyl halides is 2. The predicted octanol–water partition coefficient (Wildman–Crippen LogP) is 3.18. The van der Waals surface area contributed by atoms with E-state index >= 15 is 0 Å². The number of ether oxygens (including phenoxy) is 1. The van der Waals surface area contributed by atoms with Crippen molar-refractivity contribution in [2.24, 2.45) is 0 Å². The lowest BCUT2D eigenvalue weighted by molar-refractivity contribution is -0.104. The summed E-state index contributed by atoms with van der Waals surface area (Å²) in [7, 11) is 0. The molecule has 1 aromatic carbocycles. The van der Waals surface area contributed by atoms with Crippen LogP contribution < -0.4 is 5.32 Å². The first-order chi connectivity index (χ1) is 7.49. The molecule has 7 heteroatoms. The van der Waals surface area contributed by atoms with Crippen LogP contribution in [0.4, 0.5) is 13.6 Å². The molecule has 2 rings (SSSR count). The molecule has 3 nitrogen and oxygen atoms in total. The van der Waals surface area contributed by atoms with Crippen molar-refractivity contribution in [2.45, 2.75) is 12.0 Å². The fourth-order valence-corrected chi connectivity index (χ4v) is 1.62. The Balaban J connectivity index is 0.00000144. The molecule has 0 bridgehead atoms. The number of carbonyl (C=O) groups excluding carboxylic acids is 1. The van der Waals surface area contributed by atoms with Crippen LogP contribution in [0.3, 0.4) is 0 Å². The zero-order chi connectivity index (χ0) is 11.8. The minimum Gasteiger partial charge on any atom is -0.443 e. The van der Waals surface area contributed by atoms with Gasteiger partial charge in [0.2, 0.25) is 0 Å². The number of hydrogen-bond acceptors (Lipinski definition) is 2. The molecular weight excluding hydrogens is 275 g/mol. The summed E-state index contributed by atoms with van der Waals surface area (Å²) < 4.78 is 31.2. The van der Waals surface area contributed by atoms with Gasteiger partial charge in [0.05, 0.1) is 0 Å². The molecule has 1 heterocycles. The SMILES string of the molecule is Cl.O=C1N[C@@H](c2ccc(Cl)cc2)C(F)(F)CO1. The Hall–Kier alpha value is -1.07. The van der Waals surface area contributed by atoms with E-state index in [0.29, 0.717) is 10.6 Å². The predicted molar refractivity (Wildman–Crippen MR) is 60.9 cm³/mol. The van der Waals surface area contributed by atoms with Crippen LogP contribution in [0.15, 0.2) is 24.3 Å². The monoisotopic (exact) mass is 283 g/mol. The first-order valence-corrected chi connectivity index (χ1v) is 4.93. The molecule has 1 aliphatic rings. The Morgan fingerprint density at radius 1 is 1.35 bits per heavy atom. The summed E-state index contributed by atoms with van der Waals surface area (Å²) >= 11 is 5.65. The van der Waals surface area contributed by atoms with Crippen molar-refractivity contribution >= 4 is 30.1 Å². The standard InChI is InChI=1S/C10H8ClF2NO2.ClH/c11-7-3-1-6(2-4-7)8-10(12,13)5-16-9(15)14-8;/h1-4,8H,5H2,(H,14,15);1H/t8-;/m0./s1. The van der Waals surface area contributed by atoms with E-state index in [4.69, 9.17) is 11.6 Å². The second kappa shape index (κ2) is 5.06. The molecule has 1 aliphatic heterocycles. The van der Waals surface area contributed by atoms with Crippen LogP contribution in [0, 0.1) is 0 Å². The number of nitrogens with one attached hydrogen (secondary N) is 1. The van der Waals surface area contributed by atoms with E-state index < -0.39 is 24.7 Å². The fourth-order valence-electron chi connectivity index (χ4n) is 1.49. The highest BCUT2D eigenvalue weighted by Crippen LogP contribution is 2.34. The van der Waals surface area contributed by atoms with Gasteiger partial charge >= 0.3 is 12.0 Å². The maximum atomic E-state index is 13.5. The van der Waals surface area contributed by atoms with E-state index in [1.165, 1.54) is 24.3 Å². The van der Waals surface area contributed by atoms with Crippen LogP contribution in [0.5, 0.6) is 0 Å². The number of amides is 1. The molecule has 0 saturated carbocycles. The Bertz CT molecular complexity index is 411. The maximum Gasteiger partial charge on any atom is 0.408 e. The Morgan fingerprint density at radius 2 is 1.94 bits per heavy atom. The summed E-state index contributed by atoms with van der Waals surface area (Å²) in [5.74, 6) is -3.12. The van der Waals surface area contributed by atoms with Gasteiger partial charge in [-0.3, -0.25) is 0 Å². The molecule has 0 aromatic heterocycles. The van der Waals surface area contributed by atoms with E-state index in [-0.39, 0.29) is 12.4 Å². The lowest BCUT2D eigenvalue weighted by atomic mass is 10.0. The number of hydrogen-bond donors (Lipinski definition) is 1. The minimum atomic E-state index is -3.12. The number of alkyl carbamates (subject to hydrolysis) is 1. The smallest absolute Gasteiger partial charge is 0.408 e. The number of rotatable bonds is 1. The van der Waals surface area contributed by atoms with Crippen molar-refractivity contribution in [3.8, 4) is 0 Å². The van der Waals surface area contributed by atoms with E-state index in [0.717, 1.165) is 0 Å². The number of cyclic esters (lactones) is 1. The van der Waals surface area contributed by atoms with Crippen LogP contribution in [0.2, 0.25) is 5.02 Å². The number of carbonyl (C=O) groups is 1. The fraction of sp³-hybridized carbons (Fsp3) is 0.300. The van der Waals surface area contributed by atoms with Crippen LogP contribution in [0.25, 0.3) is 0 Å². The van der Waals surface area contributed by atoms with Crippen molar-refractivity contribution in [1.29, 1.82) is 0 Å². The van der Waals surface area contributed by atoms with Crippen LogP contribution in [0.1, 0.15) is 11.6 Å². The van der Waals surface area contributed by atoms with Gasteiger partial charge in [0.1, 0.15) is 6.04 Å². The Morgan fingerprint density at radius 3 is 2.53 bits per heavy atom. The largest absolute Gasteiger partial charge is 0.443 e. The van der Waals surface area contributed by atoms with Gasteiger partial charge < -0.3 is 10.1 Å². The molecule has 17 heavy (non-hydrogen) atoms. The zero-order valence-corrected chi connectivity index (χ0v) is 10.0. The van der Waals surface area contributed by atoms with E-state index in [1.807, 2.05) is 0 Å². The third-order valence-electron chi connectivity index (χ3n) is 2.28. The van der Waals surface area contributed by atoms with E-state index in [1.54, 1.807) is 0 Å². The normalized spacial score (nSPS) is 22.1. The minimum absolute atomic E-state index is 0. The molecule has 0 radical (unpaired) electrons. The highest BCUT2D eigenvalue weighted by atomic mass is 35.5. The summed E-state index contributed by atoms with van der Waals surface area (Å²) in [5, 5.41) is 2.54. The summed E-state index contributed by atoms with van der Waals surface area (Å²) in [6, 6.07) is 4.52. The molecule has 1 saturated heterocycles. The first-order valence-electron chi connectivity index (χ1n) is 4.55. The molecule has 0 aliphatic carbocycles. The van der Waals surface area contributed by atoms with Crippen molar-refractivity contribution in [2.75, 3.05) is 6.61 Å². The van der Waals surface area contributed by atoms with E-state index in [2.05, 4.69) is 10.1 Å². The van der Waals surface area contributed by atoms with Crippen molar-refractivity contribution in [1.82, 2.24) is 5.32 Å². The average molecular weight is 284 g/mol.